The molecule has 0 spiro atoms. The van der Waals surface area contributed by atoms with E-state index in [9.17, 15) is 0 Å². The van der Waals surface area contributed by atoms with Crippen molar-refractivity contribution >= 4 is 5.65 Å². The summed E-state index contributed by atoms with van der Waals surface area (Å²) in [5.74, 6) is 1.50. The number of fused-ring (bicyclic) bond motifs is 1. The molecule has 2 aromatic heterocycles. The zero-order chi connectivity index (χ0) is 11.9. The maximum atomic E-state index is 6.53. The van der Waals surface area contributed by atoms with Gasteiger partial charge in [0.05, 0.1) is 5.54 Å². The number of hydrogen-bond donors (Lipinski definition) is 1. The van der Waals surface area contributed by atoms with Gasteiger partial charge in [0, 0.05) is 12.3 Å². The lowest BCUT2D eigenvalue weighted by Gasteiger charge is -2.35. The van der Waals surface area contributed by atoms with Crippen LogP contribution < -0.4 is 5.73 Å². The molecule has 0 saturated heterocycles. The van der Waals surface area contributed by atoms with Gasteiger partial charge >= 0.3 is 0 Å². The molecule has 1 fully saturated rings. The topological polar surface area (TPSA) is 69.1 Å². The van der Waals surface area contributed by atoms with Crippen LogP contribution in [0, 0.1) is 5.92 Å². The third kappa shape index (κ3) is 1.70. The predicted octanol–water partition coefficient (Wildman–Crippen LogP) is 1.49. The van der Waals surface area contributed by atoms with Gasteiger partial charge in [0.2, 0.25) is 0 Å². The Balaban J connectivity index is 2.08. The van der Waals surface area contributed by atoms with E-state index in [0.29, 0.717) is 5.92 Å². The number of nitrogens with two attached hydrogens (primary N) is 1. The molecular weight excluding hydrogens is 214 g/mol. The third-order valence-electron chi connectivity index (χ3n) is 3.69. The molecule has 0 aliphatic heterocycles. The monoisotopic (exact) mass is 231 g/mol. The van der Waals surface area contributed by atoms with Gasteiger partial charge < -0.3 is 5.73 Å². The highest BCUT2D eigenvalue weighted by molar-refractivity contribution is 5.36. The maximum absolute atomic E-state index is 6.53. The summed E-state index contributed by atoms with van der Waals surface area (Å²) in [5, 5.41) is 8.43. The van der Waals surface area contributed by atoms with Crippen molar-refractivity contribution in [3.63, 3.8) is 0 Å². The van der Waals surface area contributed by atoms with E-state index >= 15 is 0 Å². The highest BCUT2D eigenvalue weighted by Gasteiger charge is 2.36. The Bertz CT molecular complexity index is 534. The summed E-state index contributed by atoms with van der Waals surface area (Å²) in [4.78, 5) is 4.12. The van der Waals surface area contributed by atoms with E-state index in [4.69, 9.17) is 5.73 Å². The first-order valence-corrected chi connectivity index (χ1v) is 6.13. The predicted molar refractivity (Wildman–Crippen MR) is 64.3 cm³/mol. The van der Waals surface area contributed by atoms with Gasteiger partial charge in [0.25, 0.3) is 0 Å². The van der Waals surface area contributed by atoms with Crippen LogP contribution >= 0.6 is 0 Å². The highest BCUT2D eigenvalue weighted by atomic mass is 15.3. The first kappa shape index (κ1) is 10.7. The molecule has 1 aliphatic carbocycles. The average molecular weight is 231 g/mol. The van der Waals surface area contributed by atoms with E-state index in [1.165, 1.54) is 6.42 Å². The normalized spacial score (nSPS) is 29.6. The molecule has 2 N–H and O–H groups in total. The van der Waals surface area contributed by atoms with Crippen LogP contribution in [0.1, 0.15) is 38.4 Å². The Morgan fingerprint density at radius 3 is 3.18 bits per heavy atom. The molecule has 17 heavy (non-hydrogen) atoms. The van der Waals surface area contributed by atoms with Crippen molar-refractivity contribution in [2.24, 2.45) is 11.7 Å². The average Bonchev–Trinajstić information content (AvgIpc) is 2.72. The van der Waals surface area contributed by atoms with Crippen molar-refractivity contribution in [3.05, 3.63) is 24.4 Å². The van der Waals surface area contributed by atoms with Gasteiger partial charge in [0.15, 0.2) is 11.5 Å². The summed E-state index contributed by atoms with van der Waals surface area (Å²) in [7, 11) is 0. The van der Waals surface area contributed by atoms with Crippen LogP contribution in [0.3, 0.4) is 0 Å². The van der Waals surface area contributed by atoms with Crippen LogP contribution in [0.2, 0.25) is 0 Å². The van der Waals surface area contributed by atoms with Crippen LogP contribution in [0.25, 0.3) is 5.65 Å². The van der Waals surface area contributed by atoms with Gasteiger partial charge in [-0.25, -0.2) is 4.98 Å². The molecule has 2 heterocycles. The van der Waals surface area contributed by atoms with Gasteiger partial charge in [-0.2, -0.15) is 0 Å². The van der Waals surface area contributed by atoms with Crippen molar-refractivity contribution < 1.29 is 0 Å². The zero-order valence-electron chi connectivity index (χ0n) is 10.0. The first-order chi connectivity index (χ1) is 8.19. The van der Waals surface area contributed by atoms with E-state index in [-0.39, 0.29) is 5.54 Å². The molecule has 2 atom stereocenters. The Morgan fingerprint density at radius 2 is 2.35 bits per heavy atom. The van der Waals surface area contributed by atoms with Crippen LogP contribution in [0.5, 0.6) is 0 Å². The maximum Gasteiger partial charge on any atom is 0.163 e. The molecule has 0 aromatic carbocycles. The fraction of sp³-hybridized carbons (Fsp3) is 0.583. The Morgan fingerprint density at radius 1 is 1.47 bits per heavy atom. The Kier molecular flexibility index (Phi) is 2.36. The summed E-state index contributed by atoms with van der Waals surface area (Å²) < 4.78 is 1.91. The van der Waals surface area contributed by atoms with Crippen LogP contribution in [-0.2, 0) is 5.54 Å². The van der Waals surface area contributed by atoms with Gasteiger partial charge in [-0.05, 0) is 18.8 Å². The Hall–Kier alpha value is -1.49. The second-order valence-electron chi connectivity index (χ2n) is 5.19. The molecule has 0 amide bonds. The minimum atomic E-state index is -0.347. The summed E-state index contributed by atoms with van der Waals surface area (Å²) in [6, 6.07) is 1.85. The number of aromatic nitrogens is 4. The van der Waals surface area contributed by atoms with Crippen LogP contribution in [-0.4, -0.2) is 19.6 Å². The van der Waals surface area contributed by atoms with Crippen molar-refractivity contribution in [1.29, 1.82) is 0 Å². The molecule has 2 unspecified atom stereocenters. The quantitative estimate of drug-likeness (QED) is 0.807. The Labute approximate surface area is 100 Å². The van der Waals surface area contributed by atoms with Gasteiger partial charge in [0.1, 0.15) is 6.33 Å². The fourth-order valence-electron chi connectivity index (χ4n) is 2.88. The van der Waals surface area contributed by atoms with Crippen LogP contribution in [0.15, 0.2) is 18.6 Å². The molecule has 2 aromatic rings. The molecule has 1 saturated carbocycles. The first-order valence-electron chi connectivity index (χ1n) is 6.13. The molecule has 5 nitrogen and oxygen atoms in total. The van der Waals surface area contributed by atoms with E-state index in [1.54, 1.807) is 12.5 Å². The van der Waals surface area contributed by atoms with Crippen molar-refractivity contribution in [2.75, 3.05) is 0 Å². The van der Waals surface area contributed by atoms with Crippen molar-refractivity contribution in [1.82, 2.24) is 19.6 Å². The third-order valence-corrected chi connectivity index (χ3v) is 3.69. The van der Waals surface area contributed by atoms with E-state index in [0.717, 1.165) is 30.7 Å². The van der Waals surface area contributed by atoms with Gasteiger partial charge in [-0.1, -0.05) is 19.8 Å². The number of nitrogens with zero attached hydrogens (tertiary/aromatic N) is 4. The summed E-state index contributed by atoms with van der Waals surface area (Å²) in [5.41, 5.74) is 7.00. The second-order valence-corrected chi connectivity index (χ2v) is 5.19. The van der Waals surface area contributed by atoms with Gasteiger partial charge in [-0.15, -0.1) is 10.2 Å². The fourth-order valence-corrected chi connectivity index (χ4v) is 2.88. The molecule has 3 rings (SSSR count). The summed E-state index contributed by atoms with van der Waals surface area (Å²) in [6.45, 7) is 2.25. The molecular formula is C12H17N5. The highest BCUT2D eigenvalue weighted by Crippen LogP contribution is 2.36. The molecule has 1 aliphatic rings. The molecule has 0 radical (unpaired) electrons. The van der Waals surface area contributed by atoms with Crippen LogP contribution in [0.4, 0.5) is 0 Å². The van der Waals surface area contributed by atoms with E-state index < -0.39 is 0 Å². The summed E-state index contributed by atoms with van der Waals surface area (Å²) >= 11 is 0. The smallest absolute Gasteiger partial charge is 0.163 e. The SMILES string of the molecule is CC1CCCC(N)(c2nnc3ccncn23)C1. The molecule has 5 heteroatoms. The molecule has 0 bridgehead atoms. The lowest BCUT2D eigenvalue weighted by atomic mass is 9.76. The lowest BCUT2D eigenvalue weighted by Crippen LogP contribution is -2.42. The second kappa shape index (κ2) is 3.77. The standard InChI is InChI=1S/C12H17N5/c1-9-3-2-5-12(13,7-9)11-16-15-10-4-6-14-8-17(10)11/h4,6,8-9H,2-3,5,7,13H2,1H3. The zero-order valence-corrected chi connectivity index (χ0v) is 10.0. The van der Waals surface area contributed by atoms with Crippen molar-refractivity contribution in [3.8, 4) is 0 Å². The number of rotatable bonds is 1. The minimum Gasteiger partial charge on any atom is -0.319 e. The van der Waals surface area contributed by atoms with Crippen molar-refractivity contribution in [2.45, 2.75) is 38.1 Å². The molecule has 90 valence electrons. The summed E-state index contributed by atoms with van der Waals surface area (Å²) in [6.07, 6.45) is 7.84. The lowest BCUT2D eigenvalue weighted by molar-refractivity contribution is 0.226. The minimum absolute atomic E-state index is 0.347. The van der Waals surface area contributed by atoms with E-state index in [2.05, 4.69) is 22.1 Å². The van der Waals surface area contributed by atoms with Gasteiger partial charge in [-0.3, -0.25) is 4.40 Å². The van der Waals surface area contributed by atoms with E-state index in [1.807, 2.05) is 10.5 Å². The number of hydrogen-bond acceptors (Lipinski definition) is 4. The largest absolute Gasteiger partial charge is 0.319 e.